The number of benzene rings is 3. The van der Waals surface area contributed by atoms with Gasteiger partial charge in [0.25, 0.3) is 0 Å². The van der Waals surface area contributed by atoms with Crippen LogP contribution in [0.5, 0.6) is 0 Å². The van der Waals surface area contributed by atoms with Crippen LogP contribution >= 0.6 is 0 Å². The Hall–Kier alpha value is -3.72. The van der Waals surface area contributed by atoms with Gasteiger partial charge in [-0.25, -0.2) is 17.2 Å². The number of fused-ring (bicyclic) bond motifs is 1. The number of sulfone groups is 1. The largest absolute Gasteiger partial charge is 0.366 e. The molecule has 186 valence electrons. The van der Waals surface area contributed by atoms with Gasteiger partial charge in [-0.1, -0.05) is 42.5 Å². The van der Waals surface area contributed by atoms with Crippen molar-refractivity contribution >= 4 is 32.3 Å². The van der Waals surface area contributed by atoms with Crippen molar-refractivity contribution in [2.24, 2.45) is 0 Å². The Kier molecular flexibility index (Phi) is 6.49. The Morgan fingerprint density at radius 2 is 1.50 bits per heavy atom. The molecule has 0 atom stereocenters. The van der Waals surface area contributed by atoms with E-state index in [2.05, 4.69) is 0 Å². The van der Waals surface area contributed by atoms with Gasteiger partial charge in [0.1, 0.15) is 18.2 Å². The quantitative estimate of drug-likeness (QED) is 0.390. The summed E-state index contributed by atoms with van der Waals surface area (Å²) in [5.74, 6) is -1.12. The highest BCUT2D eigenvalue weighted by Gasteiger charge is 2.26. The van der Waals surface area contributed by atoms with Crippen LogP contribution < -0.4 is 4.90 Å². The summed E-state index contributed by atoms with van der Waals surface area (Å²) in [6, 6.07) is 19.0. The molecule has 4 aromatic rings. The Balaban J connectivity index is 1.34. The Bertz CT molecular complexity index is 1510. The molecule has 36 heavy (non-hydrogen) atoms. The minimum Gasteiger partial charge on any atom is -0.366 e. The fraction of sp³-hybridized carbons (Fsp3) is 0.222. The van der Waals surface area contributed by atoms with Crippen molar-refractivity contribution < 1.29 is 22.0 Å². The van der Waals surface area contributed by atoms with Gasteiger partial charge in [-0.2, -0.15) is 0 Å². The highest BCUT2D eigenvalue weighted by atomic mass is 32.2. The van der Waals surface area contributed by atoms with Crippen LogP contribution in [0.4, 0.5) is 14.5 Å². The highest BCUT2D eigenvalue weighted by molar-refractivity contribution is 7.90. The van der Waals surface area contributed by atoms with E-state index >= 15 is 0 Å². The van der Waals surface area contributed by atoms with E-state index in [1.807, 2.05) is 4.90 Å². The van der Waals surface area contributed by atoms with Gasteiger partial charge in [0.2, 0.25) is 5.91 Å². The lowest BCUT2D eigenvalue weighted by Crippen LogP contribution is -2.49. The number of rotatable bonds is 6. The molecule has 0 bridgehead atoms. The smallest absolute Gasteiger partial charge is 0.242 e. The van der Waals surface area contributed by atoms with Gasteiger partial charge < -0.3 is 14.4 Å². The predicted molar refractivity (Wildman–Crippen MR) is 134 cm³/mol. The summed E-state index contributed by atoms with van der Waals surface area (Å²) in [4.78, 5) is 16.9. The molecule has 0 unspecified atom stereocenters. The molecule has 6 nitrogen and oxygen atoms in total. The van der Waals surface area contributed by atoms with Crippen LogP contribution in [-0.2, 0) is 26.9 Å². The lowest BCUT2D eigenvalue weighted by molar-refractivity contribution is -0.132. The zero-order valence-corrected chi connectivity index (χ0v) is 20.3. The van der Waals surface area contributed by atoms with E-state index in [0.717, 1.165) is 0 Å². The van der Waals surface area contributed by atoms with Crippen molar-refractivity contribution in [3.05, 3.63) is 96.2 Å². The molecular formula is C27H25F2N3O3S. The van der Waals surface area contributed by atoms with Crippen LogP contribution in [0.15, 0.2) is 83.9 Å². The van der Waals surface area contributed by atoms with E-state index in [-0.39, 0.29) is 28.9 Å². The van der Waals surface area contributed by atoms with Gasteiger partial charge in [-0.15, -0.1) is 0 Å². The fourth-order valence-electron chi connectivity index (χ4n) is 4.62. The predicted octanol–water partition coefficient (Wildman–Crippen LogP) is 4.24. The van der Waals surface area contributed by atoms with Crippen molar-refractivity contribution in [3.63, 3.8) is 0 Å². The first kappa shape index (κ1) is 24.0. The lowest BCUT2D eigenvalue weighted by atomic mass is 10.2. The standard InChI is InChI=1S/C27H25F2N3O3S/c28-21-11-9-20(10-12-21)19-36(34,35)26-17-32(24-7-3-1-5-22(24)26)18-27(33)31-15-13-30(14-16-31)25-8-4-2-6-23(25)29/h1-12,17H,13-16,18-19H2. The summed E-state index contributed by atoms with van der Waals surface area (Å²) >= 11 is 0. The van der Waals surface area contributed by atoms with Gasteiger partial charge in [-0.3, -0.25) is 4.79 Å². The average molecular weight is 510 g/mol. The first-order valence-corrected chi connectivity index (χ1v) is 13.3. The molecule has 1 aliphatic heterocycles. The summed E-state index contributed by atoms with van der Waals surface area (Å²) in [6.07, 6.45) is 1.51. The van der Waals surface area contributed by atoms with Crippen LogP contribution in [0.3, 0.4) is 0 Å². The summed E-state index contributed by atoms with van der Waals surface area (Å²) in [5.41, 5.74) is 1.66. The first-order valence-electron chi connectivity index (χ1n) is 11.6. The van der Waals surface area contributed by atoms with E-state index in [1.54, 1.807) is 51.9 Å². The van der Waals surface area contributed by atoms with Crippen molar-refractivity contribution in [3.8, 4) is 0 Å². The average Bonchev–Trinajstić information content (AvgIpc) is 3.25. The van der Waals surface area contributed by atoms with Crippen LogP contribution in [-0.4, -0.2) is 50.0 Å². The summed E-state index contributed by atoms with van der Waals surface area (Å²) in [7, 11) is -3.74. The SMILES string of the molecule is O=C(Cn1cc(S(=O)(=O)Cc2ccc(F)cc2)c2ccccc21)N1CCN(c2ccccc2F)CC1. The second kappa shape index (κ2) is 9.73. The van der Waals surface area contributed by atoms with Crippen molar-refractivity contribution in [2.75, 3.05) is 31.1 Å². The van der Waals surface area contributed by atoms with Gasteiger partial charge >= 0.3 is 0 Å². The zero-order chi connectivity index (χ0) is 25.3. The maximum atomic E-state index is 14.1. The summed E-state index contributed by atoms with van der Waals surface area (Å²) in [6.45, 7) is 1.91. The number of nitrogens with zero attached hydrogens (tertiary/aromatic N) is 3. The number of piperazine rings is 1. The summed E-state index contributed by atoms with van der Waals surface area (Å²) in [5, 5.41) is 0.539. The molecule has 1 saturated heterocycles. The molecule has 1 aromatic heterocycles. The number of halogens is 2. The number of amides is 1. The minimum absolute atomic E-state index is 0.00766. The third-order valence-corrected chi connectivity index (χ3v) is 8.20. The molecule has 0 saturated carbocycles. The van der Waals surface area contributed by atoms with Crippen molar-refractivity contribution in [2.45, 2.75) is 17.2 Å². The number of carbonyl (C=O) groups excluding carboxylic acids is 1. The molecule has 9 heteroatoms. The first-order chi connectivity index (χ1) is 17.3. The normalized spacial score (nSPS) is 14.4. The van der Waals surface area contributed by atoms with E-state index in [4.69, 9.17) is 0 Å². The molecule has 0 radical (unpaired) electrons. The van der Waals surface area contributed by atoms with Gasteiger partial charge in [0.15, 0.2) is 9.84 Å². The summed E-state index contributed by atoms with van der Waals surface area (Å²) < 4.78 is 55.6. The number of hydrogen-bond acceptors (Lipinski definition) is 4. The second-order valence-corrected chi connectivity index (χ2v) is 10.8. The molecule has 5 rings (SSSR count). The number of para-hydroxylation sites is 2. The third kappa shape index (κ3) is 4.83. The number of aromatic nitrogens is 1. The number of anilines is 1. The minimum atomic E-state index is -3.74. The Morgan fingerprint density at radius 3 is 2.22 bits per heavy atom. The van der Waals surface area contributed by atoms with E-state index in [9.17, 15) is 22.0 Å². The molecule has 0 aliphatic carbocycles. The molecule has 1 amide bonds. The van der Waals surface area contributed by atoms with Gasteiger partial charge in [0, 0.05) is 43.3 Å². The van der Waals surface area contributed by atoms with Crippen LogP contribution in [0, 0.1) is 11.6 Å². The second-order valence-electron chi connectivity index (χ2n) is 8.84. The molecule has 2 heterocycles. The Morgan fingerprint density at radius 1 is 0.833 bits per heavy atom. The van der Waals surface area contributed by atoms with Crippen LogP contribution in [0.2, 0.25) is 0 Å². The molecule has 0 spiro atoms. The van der Waals surface area contributed by atoms with E-state index < -0.39 is 15.7 Å². The molecular weight excluding hydrogens is 484 g/mol. The topological polar surface area (TPSA) is 62.6 Å². The Labute approximate surface area is 208 Å². The van der Waals surface area contributed by atoms with Gasteiger partial charge in [-0.05, 0) is 35.9 Å². The zero-order valence-electron chi connectivity index (χ0n) is 19.5. The number of carbonyl (C=O) groups is 1. The maximum absolute atomic E-state index is 14.1. The third-order valence-electron chi connectivity index (χ3n) is 6.49. The van der Waals surface area contributed by atoms with Gasteiger partial charge in [0.05, 0.1) is 16.3 Å². The highest BCUT2D eigenvalue weighted by Crippen LogP contribution is 2.28. The molecule has 0 N–H and O–H groups in total. The van der Waals surface area contributed by atoms with E-state index in [1.165, 1.54) is 36.5 Å². The lowest BCUT2D eigenvalue weighted by Gasteiger charge is -2.36. The molecule has 1 aliphatic rings. The fourth-order valence-corrected chi connectivity index (χ4v) is 6.20. The van der Waals surface area contributed by atoms with Crippen LogP contribution in [0.1, 0.15) is 5.56 Å². The van der Waals surface area contributed by atoms with Crippen molar-refractivity contribution in [1.82, 2.24) is 9.47 Å². The number of hydrogen-bond donors (Lipinski definition) is 0. The van der Waals surface area contributed by atoms with Crippen molar-refractivity contribution in [1.29, 1.82) is 0 Å². The maximum Gasteiger partial charge on any atom is 0.242 e. The van der Waals surface area contributed by atoms with Crippen LogP contribution in [0.25, 0.3) is 10.9 Å². The van der Waals surface area contributed by atoms with E-state index in [0.29, 0.717) is 48.3 Å². The monoisotopic (exact) mass is 509 g/mol. The molecule has 3 aromatic carbocycles. The molecule has 1 fully saturated rings.